The summed E-state index contributed by atoms with van der Waals surface area (Å²) in [4.78, 5) is 2.14. The summed E-state index contributed by atoms with van der Waals surface area (Å²) in [6, 6.07) is 7.95. The zero-order valence-corrected chi connectivity index (χ0v) is 13.2. The third kappa shape index (κ3) is 4.93. The second kappa shape index (κ2) is 6.35. The van der Waals surface area contributed by atoms with Gasteiger partial charge in [0.1, 0.15) is 0 Å². The van der Waals surface area contributed by atoms with Gasteiger partial charge >= 0.3 is 0 Å². The molecule has 0 aliphatic heterocycles. The molecule has 1 N–H and O–H groups in total. The maximum Gasteiger partial charge on any atom is 0.240 e. The van der Waals surface area contributed by atoms with Crippen molar-refractivity contribution in [1.82, 2.24) is 9.62 Å². The maximum atomic E-state index is 12.2. The molecule has 1 rings (SSSR count). The van der Waals surface area contributed by atoms with E-state index in [9.17, 15) is 8.42 Å². The molecule has 0 spiro atoms. The molecule has 0 aliphatic rings. The summed E-state index contributed by atoms with van der Waals surface area (Å²) in [7, 11) is 0.321. The highest BCUT2D eigenvalue weighted by Crippen LogP contribution is 2.17. The number of rotatable bonds is 6. The summed E-state index contributed by atoms with van der Waals surface area (Å²) in [5.74, 6) is 0. The van der Waals surface area contributed by atoms with Crippen LogP contribution < -0.4 is 4.72 Å². The van der Waals surface area contributed by atoms with E-state index in [1.54, 1.807) is 12.1 Å². The van der Waals surface area contributed by atoms with Gasteiger partial charge in [0.2, 0.25) is 10.0 Å². The Morgan fingerprint density at radius 1 is 1.35 bits per heavy atom. The number of nitrogens with zero attached hydrogens (tertiary/aromatic N) is 2. The topological polar surface area (TPSA) is 73.2 Å². The van der Waals surface area contributed by atoms with Crippen LogP contribution in [0, 0.1) is 16.7 Å². The molecule has 0 aliphatic carbocycles. The van der Waals surface area contributed by atoms with Gasteiger partial charge < -0.3 is 4.90 Å². The molecule has 0 radical (unpaired) electrons. The number of nitriles is 1. The Hall–Kier alpha value is -1.42. The van der Waals surface area contributed by atoms with Gasteiger partial charge in [-0.2, -0.15) is 5.26 Å². The van der Waals surface area contributed by atoms with E-state index < -0.39 is 10.0 Å². The van der Waals surface area contributed by atoms with Crippen molar-refractivity contribution in [3.63, 3.8) is 0 Å². The molecule has 0 heterocycles. The predicted octanol–water partition coefficient (Wildman–Crippen LogP) is 1.42. The Bertz CT molecular complexity index is 601. The average Bonchev–Trinajstić information content (AvgIpc) is 2.35. The largest absolute Gasteiger partial charge is 0.309 e. The van der Waals surface area contributed by atoms with Crippen molar-refractivity contribution in [2.75, 3.05) is 27.2 Å². The number of hydrogen-bond donors (Lipinski definition) is 1. The molecule has 0 fully saturated rings. The van der Waals surface area contributed by atoms with Gasteiger partial charge in [0, 0.05) is 13.1 Å². The van der Waals surface area contributed by atoms with Crippen LogP contribution in [0.4, 0.5) is 0 Å². The molecule has 0 saturated heterocycles. The van der Waals surface area contributed by atoms with E-state index in [4.69, 9.17) is 5.26 Å². The standard InChI is InChI=1S/C14H21N3O2S/c1-14(2,11-17(3)4)10-16-20(18,19)13-7-5-6-12(8-13)9-15/h5-8,16H,10-11H2,1-4H3. The second-order valence-electron chi connectivity index (χ2n) is 5.87. The van der Waals surface area contributed by atoms with E-state index in [0.717, 1.165) is 6.54 Å². The lowest BCUT2D eigenvalue weighted by Gasteiger charge is -2.28. The van der Waals surface area contributed by atoms with Crippen molar-refractivity contribution in [2.24, 2.45) is 5.41 Å². The van der Waals surface area contributed by atoms with Crippen LogP contribution in [0.2, 0.25) is 0 Å². The minimum Gasteiger partial charge on any atom is -0.309 e. The molecular formula is C14H21N3O2S. The molecule has 110 valence electrons. The van der Waals surface area contributed by atoms with Crippen molar-refractivity contribution in [3.05, 3.63) is 29.8 Å². The van der Waals surface area contributed by atoms with Crippen LogP contribution in [0.3, 0.4) is 0 Å². The fourth-order valence-corrected chi connectivity index (χ4v) is 3.31. The lowest BCUT2D eigenvalue weighted by Crippen LogP contribution is -2.39. The Morgan fingerprint density at radius 3 is 2.55 bits per heavy atom. The third-order valence-corrected chi connectivity index (χ3v) is 4.16. The van der Waals surface area contributed by atoms with E-state index in [0.29, 0.717) is 12.1 Å². The highest BCUT2D eigenvalue weighted by atomic mass is 32.2. The van der Waals surface area contributed by atoms with Gasteiger partial charge in [-0.1, -0.05) is 19.9 Å². The fraction of sp³-hybridized carbons (Fsp3) is 0.500. The maximum absolute atomic E-state index is 12.2. The van der Waals surface area contributed by atoms with Crippen molar-refractivity contribution in [2.45, 2.75) is 18.7 Å². The molecule has 6 heteroatoms. The SMILES string of the molecule is CN(C)CC(C)(C)CNS(=O)(=O)c1cccc(C#N)c1. The number of sulfonamides is 1. The summed E-state index contributed by atoms with van der Waals surface area (Å²) in [5, 5.41) is 8.82. The Morgan fingerprint density at radius 2 is 2.00 bits per heavy atom. The molecule has 0 amide bonds. The predicted molar refractivity (Wildman–Crippen MR) is 78.7 cm³/mol. The quantitative estimate of drug-likeness (QED) is 0.861. The van der Waals surface area contributed by atoms with E-state index in [2.05, 4.69) is 4.72 Å². The molecule has 0 unspecified atom stereocenters. The van der Waals surface area contributed by atoms with Crippen LogP contribution in [-0.2, 0) is 10.0 Å². The molecule has 20 heavy (non-hydrogen) atoms. The number of nitrogens with one attached hydrogen (secondary N) is 1. The van der Waals surface area contributed by atoms with E-state index in [1.807, 2.05) is 38.9 Å². The van der Waals surface area contributed by atoms with E-state index in [-0.39, 0.29) is 10.3 Å². The van der Waals surface area contributed by atoms with Gasteiger partial charge in [-0.25, -0.2) is 13.1 Å². The molecule has 0 atom stereocenters. The zero-order valence-electron chi connectivity index (χ0n) is 12.3. The van der Waals surface area contributed by atoms with Crippen LogP contribution in [-0.4, -0.2) is 40.5 Å². The Labute approximate surface area is 121 Å². The van der Waals surface area contributed by atoms with Crippen LogP contribution in [0.5, 0.6) is 0 Å². The second-order valence-corrected chi connectivity index (χ2v) is 7.63. The number of hydrogen-bond acceptors (Lipinski definition) is 4. The molecule has 1 aromatic rings. The summed E-state index contributed by atoms with van der Waals surface area (Å²) < 4.78 is 27.0. The summed E-state index contributed by atoms with van der Waals surface area (Å²) in [6.07, 6.45) is 0. The lowest BCUT2D eigenvalue weighted by molar-refractivity contribution is 0.242. The van der Waals surface area contributed by atoms with Crippen molar-refractivity contribution >= 4 is 10.0 Å². The summed E-state index contributed by atoms with van der Waals surface area (Å²) >= 11 is 0. The minimum absolute atomic E-state index is 0.122. The Balaban J connectivity index is 2.83. The van der Waals surface area contributed by atoms with Gasteiger partial charge in [0.05, 0.1) is 16.5 Å². The first-order chi connectivity index (χ1) is 9.16. The summed E-state index contributed by atoms with van der Waals surface area (Å²) in [6.45, 7) is 5.11. The smallest absolute Gasteiger partial charge is 0.240 e. The fourth-order valence-electron chi connectivity index (χ4n) is 2.02. The highest BCUT2D eigenvalue weighted by molar-refractivity contribution is 7.89. The molecule has 5 nitrogen and oxygen atoms in total. The first-order valence-corrected chi connectivity index (χ1v) is 7.79. The molecule has 0 bridgehead atoms. The van der Waals surface area contributed by atoms with Gasteiger partial charge in [-0.05, 0) is 37.7 Å². The zero-order chi connectivity index (χ0) is 15.4. The normalized spacial score (nSPS) is 12.4. The molecular weight excluding hydrogens is 274 g/mol. The lowest BCUT2D eigenvalue weighted by atomic mass is 9.93. The Kier molecular flexibility index (Phi) is 5.28. The monoisotopic (exact) mass is 295 g/mol. The van der Waals surface area contributed by atoms with Crippen LogP contribution in [0.25, 0.3) is 0 Å². The van der Waals surface area contributed by atoms with Crippen LogP contribution in [0.1, 0.15) is 19.4 Å². The molecule has 1 aromatic carbocycles. The van der Waals surface area contributed by atoms with Crippen LogP contribution >= 0.6 is 0 Å². The van der Waals surface area contributed by atoms with Crippen LogP contribution in [0.15, 0.2) is 29.2 Å². The average molecular weight is 295 g/mol. The first-order valence-electron chi connectivity index (χ1n) is 6.31. The van der Waals surface area contributed by atoms with E-state index in [1.165, 1.54) is 12.1 Å². The molecule has 0 saturated carbocycles. The highest BCUT2D eigenvalue weighted by Gasteiger charge is 2.23. The van der Waals surface area contributed by atoms with E-state index >= 15 is 0 Å². The third-order valence-electron chi connectivity index (χ3n) is 2.76. The first kappa shape index (κ1) is 16.6. The van der Waals surface area contributed by atoms with Gasteiger partial charge in [0.15, 0.2) is 0 Å². The minimum atomic E-state index is -3.58. The summed E-state index contributed by atoms with van der Waals surface area (Å²) in [5.41, 5.74) is 0.157. The van der Waals surface area contributed by atoms with Crippen molar-refractivity contribution < 1.29 is 8.42 Å². The van der Waals surface area contributed by atoms with Gasteiger partial charge in [-0.3, -0.25) is 0 Å². The van der Waals surface area contributed by atoms with Crippen molar-refractivity contribution in [1.29, 1.82) is 5.26 Å². The van der Waals surface area contributed by atoms with Gasteiger partial charge in [-0.15, -0.1) is 0 Å². The molecule has 0 aromatic heterocycles. The van der Waals surface area contributed by atoms with Gasteiger partial charge in [0.25, 0.3) is 0 Å². The number of benzene rings is 1. The van der Waals surface area contributed by atoms with Crippen molar-refractivity contribution in [3.8, 4) is 6.07 Å².